The Hall–Kier alpha value is -2.04. The van der Waals surface area contributed by atoms with E-state index in [4.69, 9.17) is 23.2 Å². The van der Waals surface area contributed by atoms with Gasteiger partial charge < -0.3 is 9.80 Å². The molecule has 0 N–H and O–H groups in total. The first kappa shape index (κ1) is 18.7. The van der Waals surface area contributed by atoms with Crippen LogP contribution in [0.5, 0.6) is 0 Å². The van der Waals surface area contributed by atoms with Crippen molar-refractivity contribution >= 4 is 35.0 Å². The minimum atomic E-state index is -0.661. The first-order valence-electron chi connectivity index (χ1n) is 8.46. The normalized spacial score (nSPS) is 18.0. The molecule has 2 aromatic carbocycles. The van der Waals surface area contributed by atoms with Crippen molar-refractivity contribution in [2.45, 2.75) is 32.5 Å². The van der Waals surface area contributed by atoms with E-state index in [1.165, 1.54) is 0 Å². The molecule has 4 nitrogen and oxygen atoms in total. The van der Waals surface area contributed by atoms with Crippen LogP contribution in [0, 0.1) is 0 Å². The van der Waals surface area contributed by atoms with Gasteiger partial charge in [0.15, 0.2) is 0 Å². The number of amides is 2. The average Bonchev–Trinajstić information content (AvgIpc) is 2.61. The Balaban J connectivity index is 1.98. The molecular formula is C20H20Cl2N2O2. The van der Waals surface area contributed by atoms with E-state index in [2.05, 4.69) is 0 Å². The van der Waals surface area contributed by atoms with Gasteiger partial charge in [-0.05, 0) is 49.2 Å². The van der Waals surface area contributed by atoms with Gasteiger partial charge >= 0.3 is 0 Å². The second-order valence-electron chi connectivity index (χ2n) is 6.66. The molecule has 26 heavy (non-hydrogen) atoms. The van der Waals surface area contributed by atoms with Gasteiger partial charge in [0.1, 0.15) is 12.6 Å². The van der Waals surface area contributed by atoms with E-state index < -0.39 is 6.04 Å². The van der Waals surface area contributed by atoms with Crippen LogP contribution in [-0.2, 0) is 16.1 Å². The highest BCUT2D eigenvalue weighted by molar-refractivity contribution is 6.30. The second kappa shape index (κ2) is 7.68. The molecule has 0 saturated carbocycles. The molecule has 0 radical (unpaired) electrons. The molecule has 0 bridgehead atoms. The van der Waals surface area contributed by atoms with Gasteiger partial charge in [0.25, 0.3) is 5.91 Å². The topological polar surface area (TPSA) is 40.6 Å². The van der Waals surface area contributed by atoms with E-state index in [-0.39, 0.29) is 24.4 Å². The van der Waals surface area contributed by atoms with Crippen molar-refractivity contribution in [1.29, 1.82) is 0 Å². The molecule has 0 aromatic heterocycles. The van der Waals surface area contributed by atoms with Crippen molar-refractivity contribution < 1.29 is 9.59 Å². The van der Waals surface area contributed by atoms with Crippen molar-refractivity contribution in [3.8, 4) is 0 Å². The number of halogens is 2. The molecular weight excluding hydrogens is 371 g/mol. The Morgan fingerprint density at radius 3 is 2.04 bits per heavy atom. The highest BCUT2D eigenvalue weighted by atomic mass is 35.5. The predicted molar refractivity (Wildman–Crippen MR) is 103 cm³/mol. The zero-order chi connectivity index (χ0) is 18.8. The fraction of sp³-hybridized carbons (Fsp3) is 0.300. The molecule has 0 aliphatic carbocycles. The van der Waals surface area contributed by atoms with Crippen molar-refractivity contribution in [1.82, 2.24) is 9.80 Å². The van der Waals surface area contributed by atoms with Crippen molar-refractivity contribution in [3.05, 3.63) is 69.7 Å². The lowest BCUT2D eigenvalue weighted by Gasteiger charge is -2.42. The zero-order valence-corrected chi connectivity index (χ0v) is 16.2. The van der Waals surface area contributed by atoms with E-state index in [9.17, 15) is 9.59 Å². The predicted octanol–water partition coefficient (Wildman–Crippen LogP) is 4.31. The smallest absolute Gasteiger partial charge is 0.250 e. The SMILES string of the molecule is CC(C)N1CC(=O)N(Cc2ccc(Cl)cc2)[C@@H](c2ccc(Cl)cc2)C1=O. The van der Waals surface area contributed by atoms with Crippen molar-refractivity contribution in [2.24, 2.45) is 0 Å². The van der Waals surface area contributed by atoms with E-state index in [0.717, 1.165) is 11.1 Å². The quantitative estimate of drug-likeness (QED) is 0.779. The van der Waals surface area contributed by atoms with Gasteiger partial charge in [-0.25, -0.2) is 0 Å². The van der Waals surface area contributed by atoms with Gasteiger partial charge in [0.05, 0.1) is 0 Å². The Labute approximate surface area is 163 Å². The number of carbonyl (C=O) groups excluding carboxylic acids is 2. The molecule has 1 saturated heterocycles. The number of rotatable bonds is 4. The van der Waals surface area contributed by atoms with Gasteiger partial charge in [0, 0.05) is 22.6 Å². The third kappa shape index (κ3) is 3.87. The number of nitrogens with zero attached hydrogens (tertiary/aromatic N) is 2. The van der Waals surface area contributed by atoms with Crippen LogP contribution >= 0.6 is 23.2 Å². The maximum atomic E-state index is 13.1. The summed E-state index contributed by atoms with van der Waals surface area (Å²) in [6, 6.07) is 13.7. The number of piperazine rings is 1. The third-order valence-corrected chi connectivity index (χ3v) is 5.03. The van der Waals surface area contributed by atoms with Gasteiger partial charge in [-0.2, -0.15) is 0 Å². The second-order valence-corrected chi connectivity index (χ2v) is 7.53. The van der Waals surface area contributed by atoms with Crippen LogP contribution in [0.3, 0.4) is 0 Å². The fourth-order valence-corrected chi connectivity index (χ4v) is 3.37. The maximum absolute atomic E-state index is 13.1. The molecule has 1 aliphatic rings. The minimum Gasteiger partial charge on any atom is -0.329 e. The first-order chi connectivity index (χ1) is 12.4. The van der Waals surface area contributed by atoms with E-state index >= 15 is 0 Å². The number of carbonyl (C=O) groups is 2. The molecule has 0 spiro atoms. The lowest BCUT2D eigenvalue weighted by atomic mass is 9.99. The third-order valence-electron chi connectivity index (χ3n) is 4.53. The summed E-state index contributed by atoms with van der Waals surface area (Å²) in [7, 11) is 0. The Kier molecular flexibility index (Phi) is 5.54. The van der Waals surface area contributed by atoms with Gasteiger partial charge in [-0.15, -0.1) is 0 Å². The van der Waals surface area contributed by atoms with Crippen molar-refractivity contribution in [2.75, 3.05) is 6.54 Å². The summed E-state index contributed by atoms with van der Waals surface area (Å²) in [4.78, 5) is 29.2. The lowest BCUT2D eigenvalue weighted by Crippen LogP contribution is -2.56. The zero-order valence-electron chi connectivity index (χ0n) is 14.7. The average molecular weight is 391 g/mol. The number of hydrogen-bond donors (Lipinski definition) is 0. The van der Waals surface area contributed by atoms with Crippen LogP contribution in [0.4, 0.5) is 0 Å². The molecule has 6 heteroatoms. The Morgan fingerprint density at radius 1 is 0.962 bits per heavy atom. The first-order valence-corrected chi connectivity index (χ1v) is 9.22. The lowest BCUT2D eigenvalue weighted by molar-refractivity contribution is -0.158. The maximum Gasteiger partial charge on any atom is 0.250 e. The summed E-state index contributed by atoms with van der Waals surface area (Å²) in [6.45, 7) is 4.27. The summed E-state index contributed by atoms with van der Waals surface area (Å²) in [5, 5.41) is 1.23. The minimum absolute atomic E-state index is 0.0427. The van der Waals surface area contributed by atoms with Crippen LogP contribution in [0.1, 0.15) is 31.0 Å². The summed E-state index contributed by atoms with van der Waals surface area (Å²) in [5.41, 5.74) is 1.68. The monoisotopic (exact) mass is 390 g/mol. The highest BCUT2D eigenvalue weighted by Crippen LogP contribution is 2.31. The van der Waals surface area contributed by atoms with Crippen LogP contribution < -0.4 is 0 Å². The van der Waals surface area contributed by atoms with Gasteiger partial charge in [-0.3, -0.25) is 9.59 Å². The molecule has 0 unspecified atom stereocenters. The van der Waals surface area contributed by atoms with E-state index in [1.54, 1.807) is 46.2 Å². The number of hydrogen-bond acceptors (Lipinski definition) is 2. The summed E-state index contributed by atoms with van der Waals surface area (Å²) >= 11 is 11.9. The van der Waals surface area contributed by atoms with Crippen LogP contribution in [0.25, 0.3) is 0 Å². The molecule has 1 fully saturated rings. The molecule has 1 atom stereocenters. The van der Waals surface area contributed by atoms with E-state index in [0.29, 0.717) is 16.6 Å². The van der Waals surface area contributed by atoms with Gasteiger partial charge in [0.2, 0.25) is 5.91 Å². The number of benzene rings is 2. The molecule has 2 aromatic rings. The molecule has 3 rings (SSSR count). The summed E-state index contributed by atoms with van der Waals surface area (Å²) in [5.74, 6) is -0.149. The largest absolute Gasteiger partial charge is 0.329 e. The molecule has 1 heterocycles. The Bertz CT molecular complexity index is 804. The Morgan fingerprint density at radius 2 is 1.50 bits per heavy atom. The fourth-order valence-electron chi connectivity index (χ4n) is 3.12. The van der Waals surface area contributed by atoms with Crippen LogP contribution in [0.15, 0.2) is 48.5 Å². The summed E-state index contributed by atoms with van der Waals surface area (Å²) in [6.07, 6.45) is 0. The van der Waals surface area contributed by atoms with E-state index in [1.807, 2.05) is 26.0 Å². The molecule has 1 aliphatic heterocycles. The summed E-state index contributed by atoms with van der Waals surface area (Å²) < 4.78 is 0. The van der Waals surface area contributed by atoms with Crippen LogP contribution in [-0.4, -0.2) is 34.2 Å². The van der Waals surface area contributed by atoms with Crippen LogP contribution in [0.2, 0.25) is 10.0 Å². The van der Waals surface area contributed by atoms with Crippen molar-refractivity contribution in [3.63, 3.8) is 0 Å². The molecule has 2 amide bonds. The standard InChI is InChI=1S/C20H20Cl2N2O2/c1-13(2)23-12-18(25)24(11-14-3-7-16(21)8-4-14)19(20(23)26)15-5-9-17(22)10-6-15/h3-10,13,19H,11-12H2,1-2H3/t19-/m0/s1. The van der Waals surface area contributed by atoms with Gasteiger partial charge in [-0.1, -0.05) is 47.5 Å². The molecule has 136 valence electrons. The highest BCUT2D eigenvalue weighted by Gasteiger charge is 2.41.